The van der Waals surface area contributed by atoms with E-state index in [1.807, 2.05) is 0 Å². The van der Waals surface area contributed by atoms with Crippen molar-refractivity contribution in [2.45, 2.75) is 0 Å². The van der Waals surface area contributed by atoms with Crippen LogP contribution in [0.15, 0.2) is 29.1 Å². The van der Waals surface area contributed by atoms with E-state index in [1.54, 1.807) is 31.4 Å². The summed E-state index contributed by atoms with van der Waals surface area (Å²) in [6.07, 6.45) is 0. The Morgan fingerprint density at radius 2 is 1.94 bits per heavy atom. The van der Waals surface area contributed by atoms with Crippen LogP contribution >= 0.6 is 0 Å². The van der Waals surface area contributed by atoms with Crippen LogP contribution in [0.1, 0.15) is 0 Å². The van der Waals surface area contributed by atoms with Gasteiger partial charge in [-0.25, -0.2) is 0 Å². The summed E-state index contributed by atoms with van der Waals surface area (Å²) in [6.45, 7) is 0. The van der Waals surface area contributed by atoms with Gasteiger partial charge in [0.05, 0.1) is 7.11 Å². The van der Waals surface area contributed by atoms with Gasteiger partial charge in [-0.05, 0) is 24.3 Å². The smallest absolute Gasteiger partial charge is 0.277 e. The average Bonchev–Trinajstić information content (AvgIpc) is 2.36. The number of hydrogen-bond acceptors (Lipinski definition) is 6. The fraction of sp³-hybridized carbons (Fsp3) is 0.0909. The minimum Gasteiger partial charge on any atom is -0.497 e. The van der Waals surface area contributed by atoms with E-state index in [1.165, 1.54) is 0 Å². The highest BCUT2D eigenvalue weighted by atomic mass is 16.5. The summed E-state index contributed by atoms with van der Waals surface area (Å²) in [5.74, 6) is 0.957. The standard InChI is InChI=1S/C11H13N5O2/c1-18-7-4-2-6(3-5-7)14-9-8(12)10(17)16-11(13)15-9/h2-5H,12H2,1H3,(H4,13,14,15,16,17). The van der Waals surface area contributed by atoms with E-state index in [4.69, 9.17) is 16.2 Å². The number of H-pyrrole nitrogens is 1. The van der Waals surface area contributed by atoms with Crippen LogP contribution in [0, 0.1) is 0 Å². The second-order valence-corrected chi connectivity index (χ2v) is 3.57. The molecule has 1 heterocycles. The predicted octanol–water partition coefficient (Wildman–Crippen LogP) is 0.686. The molecule has 0 spiro atoms. The summed E-state index contributed by atoms with van der Waals surface area (Å²) in [6, 6.07) is 7.10. The fourth-order valence-electron chi connectivity index (χ4n) is 1.41. The van der Waals surface area contributed by atoms with Gasteiger partial charge in [-0.15, -0.1) is 0 Å². The normalized spacial score (nSPS) is 10.1. The van der Waals surface area contributed by atoms with Gasteiger partial charge in [0.25, 0.3) is 5.56 Å². The van der Waals surface area contributed by atoms with Crippen molar-refractivity contribution in [1.29, 1.82) is 0 Å². The second-order valence-electron chi connectivity index (χ2n) is 3.57. The molecule has 6 N–H and O–H groups in total. The van der Waals surface area contributed by atoms with Crippen molar-refractivity contribution >= 4 is 23.1 Å². The molecule has 94 valence electrons. The Balaban J connectivity index is 2.30. The molecule has 0 aliphatic heterocycles. The Morgan fingerprint density at radius 1 is 1.28 bits per heavy atom. The number of rotatable bonds is 3. The van der Waals surface area contributed by atoms with Crippen LogP contribution in [-0.2, 0) is 0 Å². The van der Waals surface area contributed by atoms with Gasteiger partial charge in [-0.3, -0.25) is 9.78 Å². The van der Waals surface area contributed by atoms with Crippen molar-refractivity contribution < 1.29 is 4.74 Å². The van der Waals surface area contributed by atoms with Crippen molar-refractivity contribution in [3.63, 3.8) is 0 Å². The topological polar surface area (TPSA) is 119 Å². The SMILES string of the molecule is COc1ccc(Nc2nc(N)[nH]c(=O)c2N)cc1. The summed E-state index contributed by atoms with van der Waals surface area (Å²) in [5.41, 5.74) is 11.3. The second kappa shape index (κ2) is 4.66. The molecular weight excluding hydrogens is 234 g/mol. The highest BCUT2D eigenvalue weighted by molar-refractivity contribution is 5.68. The number of hydrogen-bond donors (Lipinski definition) is 4. The molecule has 0 aliphatic rings. The highest BCUT2D eigenvalue weighted by Gasteiger charge is 2.07. The minimum atomic E-state index is -0.474. The molecule has 0 saturated heterocycles. The zero-order chi connectivity index (χ0) is 13.1. The first-order chi connectivity index (χ1) is 8.60. The van der Waals surface area contributed by atoms with Gasteiger partial charge in [0, 0.05) is 5.69 Å². The molecule has 7 heteroatoms. The van der Waals surface area contributed by atoms with Gasteiger partial charge in [-0.2, -0.15) is 4.98 Å². The third-order valence-electron chi connectivity index (χ3n) is 2.33. The summed E-state index contributed by atoms with van der Waals surface area (Å²) in [7, 11) is 1.58. The maximum atomic E-state index is 11.4. The molecule has 0 fully saturated rings. The lowest BCUT2D eigenvalue weighted by atomic mass is 10.3. The molecule has 7 nitrogen and oxygen atoms in total. The third kappa shape index (κ3) is 2.34. The highest BCUT2D eigenvalue weighted by Crippen LogP contribution is 2.20. The number of anilines is 4. The molecule has 1 aromatic heterocycles. The molecule has 1 aromatic carbocycles. The predicted molar refractivity (Wildman–Crippen MR) is 70.0 cm³/mol. The van der Waals surface area contributed by atoms with Crippen LogP contribution in [0.25, 0.3) is 0 Å². The lowest BCUT2D eigenvalue weighted by molar-refractivity contribution is 0.415. The van der Waals surface area contributed by atoms with E-state index in [0.717, 1.165) is 11.4 Å². The molecule has 0 bridgehead atoms. The van der Waals surface area contributed by atoms with E-state index < -0.39 is 5.56 Å². The lowest BCUT2D eigenvalue weighted by Crippen LogP contribution is -2.17. The Labute approximate surface area is 103 Å². The summed E-state index contributed by atoms with van der Waals surface area (Å²) in [4.78, 5) is 17.6. The summed E-state index contributed by atoms with van der Waals surface area (Å²) >= 11 is 0. The molecule has 0 amide bonds. The van der Waals surface area contributed by atoms with E-state index in [-0.39, 0.29) is 17.5 Å². The van der Waals surface area contributed by atoms with Crippen LogP contribution in [0.5, 0.6) is 5.75 Å². The lowest BCUT2D eigenvalue weighted by Gasteiger charge is -2.08. The Kier molecular flexibility index (Phi) is 3.05. The zero-order valence-electron chi connectivity index (χ0n) is 9.73. The van der Waals surface area contributed by atoms with Gasteiger partial charge in [0.15, 0.2) is 5.82 Å². The van der Waals surface area contributed by atoms with Gasteiger partial charge < -0.3 is 21.5 Å². The van der Waals surface area contributed by atoms with Crippen LogP contribution in [0.4, 0.5) is 23.1 Å². The Morgan fingerprint density at radius 3 is 2.56 bits per heavy atom. The first-order valence-corrected chi connectivity index (χ1v) is 5.16. The minimum absolute atomic E-state index is 0.00483. The molecule has 0 aliphatic carbocycles. The summed E-state index contributed by atoms with van der Waals surface area (Å²) < 4.78 is 5.04. The molecule has 0 saturated carbocycles. The Bertz CT molecular complexity index is 606. The van der Waals surface area contributed by atoms with Gasteiger partial charge in [0.1, 0.15) is 11.4 Å². The number of nitrogens with one attached hydrogen (secondary N) is 2. The van der Waals surface area contributed by atoms with E-state index in [9.17, 15) is 4.79 Å². The number of nitrogen functional groups attached to an aromatic ring is 2. The van der Waals surface area contributed by atoms with E-state index in [2.05, 4.69) is 15.3 Å². The molecule has 2 aromatic rings. The van der Waals surface area contributed by atoms with Crippen molar-refractivity contribution in [1.82, 2.24) is 9.97 Å². The van der Waals surface area contributed by atoms with Crippen LogP contribution in [-0.4, -0.2) is 17.1 Å². The fourth-order valence-corrected chi connectivity index (χ4v) is 1.41. The van der Waals surface area contributed by atoms with Crippen molar-refractivity contribution in [2.75, 3.05) is 23.9 Å². The van der Waals surface area contributed by atoms with Crippen molar-refractivity contribution in [3.8, 4) is 5.75 Å². The zero-order valence-corrected chi connectivity index (χ0v) is 9.73. The van der Waals surface area contributed by atoms with Crippen LogP contribution in [0.2, 0.25) is 0 Å². The largest absolute Gasteiger partial charge is 0.497 e. The van der Waals surface area contributed by atoms with Crippen LogP contribution in [0.3, 0.4) is 0 Å². The average molecular weight is 247 g/mol. The number of benzene rings is 1. The quantitative estimate of drug-likeness (QED) is 0.633. The number of nitrogens with zero attached hydrogens (tertiary/aromatic N) is 1. The molecule has 0 radical (unpaired) electrons. The molecule has 0 unspecified atom stereocenters. The molecular formula is C11H13N5O2. The number of ether oxygens (including phenoxy) is 1. The van der Waals surface area contributed by atoms with Crippen LogP contribution < -0.4 is 27.1 Å². The van der Waals surface area contributed by atoms with Crippen molar-refractivity contribution in [3.05, 3.63) is 34.6 Å². The molecule has 18 heavy (non-hydrogen) atoms. The van der Waals surface area contributed by atoms with E-state index in [0.29, 0.717) is 0 Å². The van der Waals surface area contributed by atoms with Gasteiger partial charge in [-0.1, -0.05) is 0 Å². The first-order valence-electron chi connectivity index (χ1n) is 5.16. The van der Waals surface area contributed by atoms with Gasteiger partial charge >= 0.3 is 0 Å². The third-order valence-corrected chi connectivity index (χ3v) is 2.33. The van der Waals surface area contributed by atoms with Crippen molar-refractivity contribution in [2.24, 2.45) is 0 Å². The maximum absolute atomic E-state index is 11.4. The number of aromatic nitrogens is 2. The number of methoxy groups -OCH3 is 1. The number of aromatic amines is 1. The Hall–Kier alpha value is -2.70. The van der Waals surface area contributed by atoms with Gasteiger partial charge in [0.2, 0.25) is 5.95 Å². The monoisotopic (exact) mass is 247 g/mol. The maximum Gasteiger partial charge on any atom is 0.277 e. The summed E-state index contributed by atoms with van der Waals surface area (Å²) in [5, 5.41) is 2.91. The molecule has 0 atom stereocenters. The van der Waals surface area contributed by atoms with E-state index >= 15 is 0 Å². The first kappa shape index (κ1) is 11.8. The molecule has 2 rings (SSSR count). The number of nitrogens with two attached hydrogens (primary N) is 2.